The van der Waals surface area contributed by atoms with Gasteiger partial charge in [0, 0.05) is 31.6 Å². The number of hydrogen-bond donors (Lipinski definition) is 2. The molecule has 0 aliphatic heterocycles. The molecule has 23 heavy (non-hydrogen) atoms. The van der Waals surface area contributed by atoms with E-state index in [4.69, 9.17) is 5.73 Å². The number of sulfone groups is 1. The van der Waals surface area contributed by atoms with Crippen LogP contribution >= 0.6 is 0 Å². The number of rotatable bonds is 9. The molecule has 1 rings (SSSR count). The van der Waals surface area contributed by atoms with Crippen molar-refractivity contribution in [2.45, 2.75) is 26.3 Å². The first-order valence-corrected chi connectivity index (χ1v) is 9.81. The summed E-state index contributed by atoms with van der Waals surface area (Å²) in [6, 6.07) is 7.39. The molecule has 0 fully saturated rings. The Morgan fingerprint density at radius 1 is 1.39 bits per heavy atom. The second kappa shape index (κ2) is 8.88. The zero-order chi connectivity index (χ0) is 17.5. The lowest BCUT2D eigenvalue weighted by molar-refractivity contribution is -0.122. The fraction of sp³-hybridized carbons (Fsp3) is 0.562. The molecule has 0 radical (unpaired) electrons. The number of anilines is 1. The van der Waals surface area contributed by atoms with Crippen molar-refractivity contribution in [1.82, 2.24) is 5.32 Å². The van der Waals surface area contributed by atoms with Crippen molar-refractivity contribution in [3.63, 3.8) is 0 Å². The van der Waals surface area contributed by atoms with E-state index in [-0.39, 0.29) is 18.1 Å². The van der Waals surface area contributed by atoms with Crippen molar-refractivity contribution >= 4 is 21.4 Å². The van der Waals surface area contributed by atoms with Crippen molar-refractivity contribution in [3.05, 3.63) is 29.8 Å². The summed E-state index contributed by atoms with van der Waals surface area (Å²) in [5.41, 5.74) is 8.02. The highest BCUT2D eigenvalue weighted by Crippen LogP contribution is 2.14. The first-order chi connectivity index (χ1) is 10.7. The SMILES string of the molecule is CCN(CCNC(=O)C(N)CCS(C)(=O)=O)c1cccc(C)c1. The number of carbonyl (C=O) groups is 1. The Morgan fingerprint density at radius 3 is 2.65 bits per heavy atom. The molecule has 0 saturated carbocycles. The van der Waals surface area contributed by atoms with Gasteiger partial charge in [0.05, 0.1) is 11.8 Å². The Labute approximate surface area is 139 Å². The molecule has 7 heteroatoms. The maximum Gasteiger partial charge on any atom is 0.237 e. The normalized spacial score (nSPS) is 12.7. The van der Waals surface area contributed by atoms with Gasteiger partial charge in [-0.05, 0) is 38.0 Å². The van der Waals surface area contributed by atoms with Crippen molar-refractivity contribution in [1.29, 1.82) is 0 Å². The highest BCUT2D eigenvalue weighted by molar-refractivity contribution is 7.90. The summed E-state index contributed by atoms with van der Waals surface area (Å²) in [6.07, 6.45) is 1.28. The van der Waals surface area contributed by atoms with E-state index >= 15 is 0 Å². The topological polar surface area (TPSA) is 92.5 Å². The largest absolute Gasteiger partial charge is 0.370 e. The Hall–Kier alpha value is -1.60. The fourth-order valence-corrected chi connectivity index (χ4v) is 2.89. The van der Waals surface area contributed by atoms with Gasteiger partial charge in [-0.2, -0.15) is 0 Å². The van der Waals surface area contributed by atoms with Crippen molar-refractivity contribution in [2.75, 3.05) is 36.5 Å². The van der Waals surface area contributed by atoms with Crippen LogP contribution in [0.3, 0.4) is 0 Å². The molecule has 0 heterocycles. The third kappa shape index (κ3) is 7.47. The standard InChI is InChI=1S/C16H27N3O3S/c1-4-19(14-7-5-6-13(2)12-14)10-9-18-16(20)15(17)8-11-23(3,21)22/h5-7,12,15H,4,8-11,17H2,1-3H3,(H,18,20). The van der Waals surface area contributed by atoms with Crippen LogP contribution in [0.2, 0.25) is 0 Å². The first-order valence-electron chi connectivity index (χ1n) is 7.75. The highest BCUT2D eigenvalue weighted by atomic mass is 32.2. The molecule has 1 amide bonds. The summed E-state index contributed by atoms with van der Waals surface area (Å²) < 4.78 is 22.2. The molecule has 1 aromatic rings. The number of likely N-dealkylation sites (N-methyl/N-ethyl adjacent to an activating group) is 1. The van der Waals surface area contributed by atoms with E-state index in [9.17, 15) is 13.2 Å². The molecule has 0 spiro atoms. The van der Waals surface area contributed by atoms with Gasteiger partial charge < -0.3 is 16.0 Å². The number of nitrogens with two attached hydrogens (primary N) is 1. The minimum absolute atomic E-state index is 0.0774. The maximum absolute atomic E-state index is 11.9. The maximum atomic E-state index is 11.9. The predicted octanol–water partition coefficient (Wildman–Crippen LogP) is 0.700. The summed E-state index contributed by atoms with van der Waals surface area (Å²) in [5, 5.41) is 2.77. The summed E-state index contributed by atoms with van der Waals surface area (Å²) in [5.74, 6) is -0.389. The Balaban J connectivity index is 2.43. The average Bonchev–Trinajstić information content (AvgIpc) is 2.48. The van der Waals surface area contributed by atoms with Crippen LogP contribution in [0.5, 0.6) is 0 Å². The van der Waals surface area contributed by atoms with Gasteiger partial charge in [-0.15, -0.1) is 0 Å². The molecule has 1 atom stereocenters. The van der Waals surface area contributed by atoms with Gasteiger partial charge in [-0.1, -0.05) is 12.1 Å². The number of carbonyl (C=O) groups excluding carboxylic acids is 1. The molecule has 0 bridgehead atoms. The number of aryl methyl sites for hydroxylation is 1. The molecule has 3 N–H and O–H groups in total. The number of benzene rings is 1. The van der Waals surface area contributed by atoms with Crippen molar-refractivity contribution < 1.29 is 13.2 Å². The zero-order valence-electron chi connectivity index (χ0n) is 14.1. The zero-order valence-corrected chi connectivity index (χ0v) is 14.9. The number of hydrogen-bond acceptors (Lipinski definition) is 5. The Kier molecular flexibility index (Phi) is 7.51. The van der Waals surface area contributed by atoms with Gasteiger partial charge in [-0.25, -0.2) is 8.42 Å². The molecule has 0 aliphatic carbocycles. The van der Waals surface area contributed by atoms with Crippen LogP contribution in [0.1, 0.15) is 18.9 Å². The van der Waals surface area contributed by atoms with Crippen LogP contribution in [-0.4, -0.2) is 52.0 Å². The lowest BCUT2D eigenvalue weighted by atomic mass is 10.2. The van der Waals surface area contributed by atoms with Gasteiger partial charge >= 0.3 is 0 Å². The van der Waals surface area contributed by atoms with Crippen LogP contribution in [0, 0.1) is 6.92 Å². The van der Waals surface area contributed by atoms with Crippen LogP contribution in [0.25, 0.3) is 0 Å². The van der Waals surface area contributed by atoms with Crippen molar-refractivity contribution in [3.8, 4) is 0 Å². The molecule has 0 saturated heterocycles. The molecule has 1 aromatic carbocycles. The van der Waals surface area contributed by atoms with E-state index in [2.05, 4.69) is 23.2 Å². The van der Waals surface area contributed by atoms with E-state index in [0.717, 1.165) is 18.5 Å². The summed E-state index contributed by atoms with van der Waals surface area (Å²) in [6.45, 7) is 6.07. The molecule has 1 unspecified atom stereocenters. The minimum Gasteiger partial charge on any atom is -0.370 e. The molecule has 130 valence electrons. The first kappa shape index (κ1) is 19.4. The van der Waals surface area contributed by atoms with E-state index in [0.29, 0.717) is 13.1 Å². The molecule has 0 aromatic heterocycles. The van der Waals surface area contributed by atoms with E-state index < -0.39 is 15.9 Å². The fourth-order valence-electron chi connectivity index (χ4n) is 2.21. The Morgan fingerprint density at radius 2 is 2.09 bits per heavy atom. The monoisotopic (exact) mass is 341 g/mol. The van der Waals surface area contributed by atoms with Crippen LogP contribution in [0.4, 0.5) is 5.69 Å². The van der Waals surface area contributed by atoms with Crippen molar-refractivity contribution in [2.24, 2.45) is 5.73 Å². The summed E-state index contributed by atoms with van der Waals surface area (Å²) in [7, 11) is -3.10. The van der Waals surface area contributed by atoms with Gasteiger partial charge in [0.2, 0.25) is 5.91 Å². The third-order valence-corrected chi connectivity index (χ3v) is 4.54. The number of nitrogens with one attached hydrogen (secondary N) is 1. The van der Waals surface area contributed by atoms with E-state index in [1.54, 1.807) is 0 Å². The van der Waals surface area contributed by atoms with Crippen LogP contribution < -0.4 is 16.0 Å². The quantitative estimate of drug-likeness (QED) is 0.690. The minimum atomic E-state index is -3.10. The Bertz CT molecular complexity index is 617. The second-order valence-corrected chi connectivity index (χ2v) is 7.99. The lowest BCUT2D eigenvalue weighted by Crippen LogP contribution is -2.44. The predicted molar refractivity (Wildman–Crippen MR) is 94.4 cm³/mol. The summed E-state index contributed by atoms with van der Waals surface area (Å²) >= 11 is 0. The molecular formula is C16H27N3O3S. The third-order valence-electron chi connectivity index (χ3n) is 3.57. The smallest absolute Gasteiger partial charge is 0.237 e. The average molecular weight is 341 g/mol. The summed E-state index contributed by atoms with van der Waals surface area (Å²) in [4.78, 5) is 14.0. The highest BCUT2D eigenvalue weighted by Gasteiger charge is 2.15. The van der Waals surface area contributed by atoms with Crippen LogP contribution in [0.15, 0.2) is 24.3 Å². The molecule has 6 nitrogen and oxygen atoms in total. The second-order valence-electron chi connectivity index (χ2n) is 5.73. The number of amides is 1. The van der Waals surface area contributed by atoms with Crippen LogP contribution in [-0.2, 0) is 14.6 Å². The van der Waals surface area contributed by atoms with Gasteiger partial charge in [0.15, 0.2) is 0 Å². The molecular weight excluding hydrogens is 314 g/mol. The number of nitrogens with zero attached hydrogens (tertiary/aromatic N) is 1. The van der Waals surface area contributed by atoms with Gasteiger partial charge in [0.1, 0.15) is 9.84 Å². The molecule has 0 aliphatic rings. The van der Waals surface area contributed by atoms with E-state index in [1.807, 2.05) is 25.1 Å². The van der Waals surface area contributed by atoms with Gasteiger partial charge in [0.25, 0.3) is 0 Å². The van der Waals surface area contributed by atoms with E-state index in [1.165, 1.54) is 5.56 Å². The van der Waals surface area contributed by atoms with Gasteiger partial charge in [-0.3, -0.25) is 4.79 Å². The lowest BCUT2D eigenvalue weighted by Gasteiger charge is -2.24.